The predicted octanol–water partition coefficient (Wildman–Crippen LogP) is 3.88. The summed E-state index contributed by atoms with van der Waals surface area (Å²) in [6.45, 7) is 5.16. The minimum absolute atomic E-state index is 0.227. The van der Waals surface area contributed by atoms with Gasteiger partial charge in [-0.1, -0.05) is 13.0 Å². The number of likely N-dealkylation sites (tertiary alicyclic amines) is 1. The van der Waals surface area contributed by atoms with Crippen LogP contribution in [0.2, 0.25) is 0 Å². The molecule has 27 heavy (non-hydrogen) atoms. The van der Waals surface area contributed by atoms with E-state index < -0.39 is 0 Å². The highest BCUT2D eigenvalue weighted by Gasteiger charge is 2.19. The van der Waals surface area contributed by atoms with E-state index in [1.807, 2.05) is 42.6 Å². The zero-order chi connectivity index (χ0) is 18.6. The standard InChI is InChI=1S/C21H24N4O2/c1-2-19-16(15-24-10-3-4-11-24)13-20(27-19)21(26)23-17-7-5-8-18(14-17)25-12-6-9-22-25/h5-9,12-14H,2-4,10-11,15H2,1H3,(H,23,26). The fraction of sp³-hybridized carbons (Fsp3) is 0.333. The van der Waals surface area contributed by atoms with Crippen LogP contribution in [0.15, 0.2) is 53.2 Å². The molecule has 6 nitrogen and oxygen atoms in total. The Morgan fingerprint density at radius 3 is 2.81 bits per heavy atom. The monoisotopic (exact) mass is 364 g/mol. The Morgan fingerprint density at radius 1 is 1.22 bits per heavy atom. The molecule has 1 fully saturated rings. The SMILES string of the molecule is CCc1oc(C(=O)Nc2cccc(-n3cccn3)c2)cc1CN1CCCC1. The number of aromatic nitrogens is 2. The van der Waals surface area contributed by atoms with Gasteiger partial charge < -0.3 is 9.73 Å². The van der Waals surface area contributed by atoms with Gasteiger partial charge in [0.2, 0.25) is 0 Å². The van der Waals surface area contributed by atoms with Crippen LogP contribution >= 0.6 is 0 Å². The lowest BCUT2D eigenvalue weighted by molar-refractivity contribution is 0.0995. The van der Waals surface area contributed by atoms with Crippen LogP contribution in [0, 0.1) is 0 Å². The van der Waals surface area contributed by atoms with E-state index in [1.54, 1.807) is 10.9 Å². The van der Waals surface area contributed by atoms with Gasteiger partial charge in [-0.05, 0) is 56.3 Å². The molecule has 3 heterocycles. The summed E-state index contributed by atoms with van der Waals surface area (Å²) < 4.78 is 7.61. The number of hydrogen-bond acceptors (Lipinski definition) is 4. The van der Waals surface area contributed by atoms with Crippen molar-refractivity contribution >= 4 is 11.6 Å². The van der Waals surface area contributed by atoms with Gasteiger partial charge >= 0.3 is 0 Å². The molecule has 1 aliphatic rings. The van der Waals surface area contributed by atoms with Crippen LogP contribution in [0.25, 0.3) is 5.69 Å². The summed E-state index contributed by atoms with van der Waals surface area (Å²) in [6, 6.07) is 11.3. The van der Waals surface area contributed by atoms with Crippen LogP contribution in [-0.2, 0) is 13.0 Å². The molecule has 2 aromatic heterocycles. The number of anilines is 1. The summed E-state index contributed by atoms with van der Waals surface area (Å²) in [5.41, 5.74) is 2.72. The molecule has 3 aromatic rings. The number of rotatable bonds is 6. The van der Waals surface area contributed by atoms with Crippen molar-refractivity contribution in [3.05, 3.63) is 65.9 Å². The van der Waals surface area contributed by atoms with Crippen LogP contribution < -0.4 is 5.32 Å². The first-order valence-electron chi connectivity index (χ1n) is 9.48. The molecule has 1 saturated heterocycles. The largest absolute Gasteiger partial charge is 0.456 e. The maximum atomic E-state index is 12.7. The van der Waals surface area contributed by atoms with Gasteiger partial charge in [-0.2, -0.15) is 5.10 Å². The van der Waals surface area contributed by atoms with Gasteiger partial charge in [-0.25, -0.2) is 4.68 Å². The number of hydrogen-bond donors (Lipinski definition) is 1. The number of carbonyl (C=O) groups excluding carboxylic acids is 1. The number of aryl methyl sites for hydroxylation is 1. The van der Waals surface area contributed by atoms with Crippen molar-refractivity contribution in [3.8, 4) is 5.69 Å². The summed E-state index contributed by atoms with van der Waals surface area (Å²) >= 11 is 0. The molecule has 0 atom stereocenters. The lowest BCUT2D eigenvalue weighted by atomic mass is 10.2. The molecule has 0 spiro atoms. The van der Waals surface area contributed by atoms with E-state index in [-0.39, 0.29) is 5.91 Å². The lowest BCUT2D eigenvalue weighted by Gasteiger charge is -2.13. The highest BCUT2D eigenvalue weighted by atomic mass is 16.4. The molecular weight excluding hydrogens is 340 g/mol. The van der Waals surface area contributed by atoms with Gasteiger partial charge in [0, 0.05) is 36.6 Å². The highest BCUT2D eigenvalue weighted by Crippen LogP contribution is 2.22. The number of benzene rings is 1. The Bertz CT molecular complexity index is 908. The predicted molar refractivity (Wildman–Crippen MR) is 104 cm³/mol. The van der Waals surface area contributed by atoms with E-state index >= 15 is 0 Å². The van der Waals surface area contributed by atoms with Gasteiger partial charge in [0.1, 0.15) is 5.76 Å². The minimum atomic E-state index is -0.227. The van der Waals surface area contributed by atoms with Crippen molar-refractivity contribution in [2.45, 2.75) is 32.7 Å². The molecule has 1 amide bonds. The molecule has 0 aliphatic carbocycles. The maximum absolute atomic E-state index is 12.7. The third-order valence-electron chi connectivity index (χ3n) is 4.91. The van der Waals surface area contributed by atoms with Crippen LogP contribution in [0.4, 0.5) is 5.69 Å². The molecular formula is C21H24N4O2. The van der Waals surface area contributed by atoms with Crippen molar-refractivity contribution in [1.29, 1.82) is 0 Å². The van der Waals surface area contributed by atoms with Crippen LogP contribution in [0.1, 0.15) is 41.6 Å². The molecule has 0 radical (unpaired) electrons. The third kappa shape index (κ3) is 3.95. The van der Waals surface area contributed by atoms with Crippen LogP contribution in [0.3, 0.4) is 0 Å². The van der Waals surface area contributed by atoms with Crippen LogP contribution in [0.5, 0.6) is 0 Å². The first-order chi connectivity index (χ1) is 13.2. The Balaban J connectivity index is 1.49. The molecule has 4 rings (SSSR count). The van der Waals surface area contributed by atoms with E-state index in [2.05, 4.69) is 22.2 Å². The Morgan fingerprint density at radius 2 is 2.07 bits per heavy atom. The summed E-state index contributed by atoms with van der Waals surface area (Å²) in [5.74, 6) is 1.04. The van der Waals surface area contributed by atoms with Crippen molar-refractivity contribution in [3.63, 3.8) is 0 Å². The van der Waals surface area contributed by atoms with Crippen molar-refractivity contribution < 1.29 is 9.21 Å². The first-order valence-corrected chi connectivity index (χ1v) is 9.48. The number of furan rings is 1. The van der Waals surface area contributed by atoms with Gasteiger partial charge in [0.15, 0.2) is 5.76 Å². The Kier molecular flexibility index (Phi) is 5.07. The smallest absolute Gasteiger partial charge is 0.291 e. The summed E-state index contributed by atoms with van der Waals surface area (Å²) in [5, 5.41) is 7.15. The van der Waals surface area contributed by atoms with Crippen molar-refractivity contribution in [2.75, 3.05) is 18.4 Å². The zero-order valence-corrected chi connectivity index (χ0v) is 15.5. The summed E-state index contributed by atoms with van der Waals surface area (Å²) in [6.07, 6.45) is 6.87. The number of nitrogens with one attached hydrogen (secondary N) is 1. The van der Waals surface area contributed by atoms with E-state index in [1.165, 1.54) is 12.8 Å². The van der Waals surface area contributed by atoms with Gasteiger partial charge in [-0.15, -0.1) is 0 Å². The highest BCUT2D eigenvalue weighted by molar-refractivity contribution is 6.02. The quantitative estimate of drug-likeness (QED) is 0.721. The van der Waals surface area contributed by atoms with Crippen molar-refractivity contribution in [1.82, 2.24) is 14.7 Å². The second kappa shape index (κ2) is 7.80. The fourth-order valence-electron chi connectivity index (χ4n) is 3.53. The molecule has 1 N–H and O–H groups in total. The second-order valence-corrected chi connectivity index (χ2v) is 6.85. The van der Waals surface area contributed by atoms with E-state index in [9.17, 15) is 4.79 Å². The molecule has 0 unspecified atom stereocenters. The first kappa shape index (κ1) is 17.5. The molecule has 0 saturated carbocycles. The van der Waals surface area contributed by atoms with E-state index in [0.717, 1.165) is 43.1 Å². The summed E-state index contributed by atoms with van der Waals surface area (Å²) in [7, 11) is 0. The minimum Gasteiger partial charge on any atom is -0.456 e. The van der Waals surface area contributed by atoms with E-state index in [0.29, 0.717) is 11.4 Å². The average molecular weight is 364 g/mol. The normalized spacial score (nSPS) is 14.6. The molecule has 6 heteroatoms. The Hall–Kier alpha value is -2.86. The lowest BCUT2D eigenvalue weighted by Crippen LogP contribution is -2.18. The van der Waals surface area contributed by atoms with Gasteiger partial charge in [0.05, 0.1) is 5.69 Å². The van der Waals surface area contributed by atoms with Gasteiger partial charge in [0.25, 0.3) is 5.91 Å². The van der Waals surface area contributed by atoms with Crippen molar-refractivity contribution in [2.24, 2.45) is 0 Å². The third-order valence-corrected chi connectivity index (χ3v) is 4.91. The zero-order valence-electron chi connectivity index (χ0n) is 15.5. The Labute approximate surface area is 158 Å². The molecule has 0 bridgehead atoms. The number of nitrogens with zero attached hydrogens (tertiary/aromatic N) is 3. The van der Waals surface area contributed by atoms with Crippen LogP contribution in [-0.4, -0.2) is 33.7 Å². The molecule has 1 aromatic carbocycles. The van der Waals surface area contributed by atoms with Gasteiger partial charge in [-0.3, -0.25) is 9.69 Å². The molecule has 1 aliphatic heterocycles. The molecule has 140 valence electrons. The average Bonchev–Trinajstić information content (AvgIpc) is 3.44. The number of amides is 1. The topological polar surface area (TPSA) is 63.3 Å². The van der Waals surface area contributed by atoms with E-state index in [4.69, 9.17) is 4.42 Å². The second-order valence-electron chi connectivity index (χ2n) is 6.85. The number of carbonyl (C=O) groups is 1. The fourth-order valence-corrected chi connectivity index (χ4v) is 3.53. The maximum Gasteiger partial charge on any atom is 0.291 e. The summed E-state index contributed by atoms with van der Waals surface area (Å²) in [4.78, 5) is 15.1.